The van der Waals surface area contributed by atoms with E-state index in [1.54, 1.807) is 12.3 Å². The first-order valence-corrected chi connectivity index (χ1v) is 7.59. The minimum absolute atomic E-state index is 0.000604. The second-order valence-electron chi connectivity index (χ2n) is 5.32. The van der Waals surface area contributed by atoms with Crippen molar-refractivity contribution in [3.05, 3.63) is 18.0 Å². The summed E-state index contributed by atoms with van der Waals surface area (Å²) >= 11 is 0. The van der Waals surface area contributed by atoms with Gasteiger partial charge in [0, 0.05) is 45.3 Å². The number of rotatable bonds is 3. The molecule has 0 saturated carbocycles. The lowest BCUT2D eigenvalue weighted by atomic mass is 10.3. The van der Waals surface area contributed by atoms with Crippen LogP contribution in [-0.2, 0) is 11.3 Å². The number of nitrogen functional groups attached to an aromatic ring is 1. The number of carbonyl (C=O) groups is 2. The van der Waals surface area contributed by atoms with Gasteiger partial charge in [-0.1, -0.05) is 6.92 Å². The van der Waals surface area contributed by atoms with E-state index in [4.69, 9.17) is 5.73 Å². The molecule has 6 nitrogen and oxygen atoms in total. The van der Waals surface area contributed by atoms with Gasteiger partial charge in [0.15, 0.2) is 0 Å². The molecule has 1 aliphatic heterocycles. The van der Waals surface area contributed by atoms with Crippen molar-refractivity contribution in [3.8, 4) is 0 Å². The summed E-state index contributed by atoms with van der Waals surface area (Å²) in [6, 6.07) is 1.73. The first-order valence-electron chi connectivity index (χ1n) is 7.59. The Morgan fingerprint density at radius 3 is 2.48 bits per heavy atom. The summed E-state index contributed by atoms with van der Waals surface area (Å²) in [7, 11) is 0. The van der Waals surface area contributed by atoms with Crippen LogP contribution >= 0.6 is 0 Å². The lowest BCUT2D eigenvalue weighted by Gasteiger charge is -2.22. The van der Waals surface area contributed by atoms with Gasteiger partial charge in [0.2, 0.25) is 5.91 Å². The Morgan fingerprint density at radius 2 is 1.81 bits per heavy atom. The third-order valence-electron chi connectivity index (χ3n) is 3.92. The van der Waals surface area contributed by atoms with Gasteiger partial charge in [-0.25, -0.2) is 0 Å². The molecule has 0 atom stereocenters. The summed E-state index contributed by atoms with van der Waals surface area (Å²) in [5.41, 5.74) is 7.03. The van der Waals surface area contributed by atoms with Gasteiger partial charge in [-0.05, 0) is 19.4 Å². The molecule has 1 aliphatic rings. The van der Waals surface area contributed by atoms with Gasteiger partial charge in [-0.2, -0.15) is 0 Å². The van der Waals surface area contributed by atoms with Crippen molar-refractivity contribution in [1.82, 2.24) is 14.4 Å². The Morgan fingerprint density at radius 1 is 1.14 bits per heavy atom. The average molecular weight is 292 g/mol. The van der Waals surface area contributed by atoms with E-state index >= 15 is 0 Å². The zero-order chi connectivity index (χ0) is 15.4. The molecule has 0 aromatic carbocycles. The molecule has 0 spiro atoms. The summed E-state index contributed by atoms with van der Waals surface area (Å²) in [5.74, 6) is 0.157. The van der Waals surface area contributed by atoms with E-state index in [9.17, 15) is 9.59 Å². The molecule has 1 aromatic heterocycles. The van der Waals surface area contributed by atoms with Crippen molar-refractivity contribution >= 4 is 17.5 Å². The van der Waals surface area contributed by atoms with Crippen molar-refractivity contribution in [2.24, 2.45) is 0 Å². The van der Waals surface area contributed by atoms with Gasteiger partial charge >= 0.3 is 0 Å². The second-order valence-corrected chi connectivity index (χ2v) is 5.32. The molecule has 0 unspecified atom stereocenters. The Kier molecular flexibility index (Phi) is 4.88. The van der Waals surface area contributed by atoms with Gasteiger partial charge in [-0.15, -0.1) is 0 Å². The highest BCUT2D eigenvalue weighted by Crippen LogP contribution is 2.15. The molecule has 0 bridgehead atoms. The predicted molar refractivity (Wildman–Crippen MR) is 81.9 cm³/mol. The molecule has 21 heavy (non-hydrogen) atoms. The lowest BCUT2D eigenvalue weighted by Crippen LogP contribution is -2.37. The van der Waals surface area contributed by atoms with Crippen LogP contribution in [0.5, 0.6) is 0 Å². The molecule has 6 heteroatoms. The van der Waals surface area contributed by atoms with Crippen LogP contribution in [0.4, 0.5) is 5.69 Å². The Hall–Kier alpha value is -1.98. The van der Waals surface area contributed by atoms with Crippen molar-refractivity contribution in [1.29, 1.82) is 0 Å². The third kappa shape index (κ3) is 3.37. The van der Waals surface area contributed by atoms with E-state index in [1.165, 1.54) is 0 Å². The van der Waals surface area contributed by atoms with E-state index < -0.39 is 0 Å². The van der Waals surface area contributed by atoms with Gasteiger partial charge in [0.1, 0.15) is 5.69 Å². The first kappa shape index (κ1) is 15.4. The number of hydrogen-bond acceptors (Lipinski definition) is 3. The number of anilines is 1. The normalized spacial score (nSPS) is 15.9. The molecule has 2 rings (SSSR count). The topological polar surface area (TPSA) is 71.6 Å². The molecule has 116 valence electrons. The Balaban J connectivity index is 2.08. The second kappa shape index (κ2) is 6.65. The van der Waals surface area contributed by atoms with Gasteiger partial charge in [-0.3, -0.25) is 9.59 Å². The van der Waals surface area contributed by atoms with Crippen LogP contribution in [0.1, 0.15) is 37.2 Å². The van der Waals surface area contributed by atoms with Crippen LogP contribution < -0.4 is 5.73 Å². The maximum absolute atomic E-state index is 12.6. The maximum atomic E-state index is 12.6. The van der Waals surface area contributed by atoms with E-state index in [0.717, 1.165) is 13.0 Å². The van der Waals surface area contributed by atoms with Crippen LogP contribution in [0.15, 0.2) is 12.3 Å². The van der Waals surface area contributed by atoms with Crippen molar-refractivity contribution in [2.45, 2.75) is 33.2 Å². The monoisotopic (exact) mass is 292 g/mol. The summed E-state index contributed by atoms with van der Waals surface area (Å²) in [6.45, 7) is 7.18. The molecule has 1 saturated heterocycles. The highest BCUT2D eigenvalue weighted by Gasteiger charge is 2.24. The van der Waals surface area contributed by atoms with Crippen LogP contribution in [-0.4, -0.2) is 52.4 Å². The van der Waals surface area contributed by atoms with Crippen molar-refractivity contribution < 1.29 is 9.59 Å². The fraction of sp³-hybridized carbons (Fsp3) is 0.600. The summed E-state index contributed by atoms with van der Waals surface area (Å²) in [4.78, 5) is 28.1. The third-order valence-corrected chi connectivity index (χ3v) is 3.92. The molecule has 2 N–H and O–H groups in total. The summed E-state index contributed by atoms with van der Waals surface area (Å²) in [5, 5.41) is 0. The fourth-order valence-electron chi connectivity index (χ4n) is 2.73. The SMILES string of the molecule is CCC(=O)N1CCCN(C(=O)c2cc(N)cn2CC)CC1. The molecule has 2 heterocycles. The number of carbonyl (C=O) groups excluding carboxylic acids is 2. The van der Waals surface area contributed by atoms with Crippen LogP contribution in [0, 0.1) is 0 Å². The van der Waals surface area contributed by atoms with E-state index in [1.807, 2.05) is 28.2 Å². The van der Waals surface area contributed by atoms with Crippen LogP contribution in [0.25, 0.3) is 0 Å². The number of aromatic nitrogens is 1. The quantitative estimate of drug-likeness (QED) is 0.909. The van der Waals surface area contributed by atoms with Crippen LogP contribution in [0.3, 0.4) is 0 Å². The number of nitrogens with zero attached hydrogens (tertiary/aromatic N) is 3. The molecule has 2 amide bonds. The van der Waals surface area contributed by atoms with Gasteiger partial charge < -0.3 is 20.1 Å². The van der Waals surface area contributed by atoms with Gasteiger partial charge in [0.05, 0.1) is 5.69 Å². The molecule has 1 aromatic rings. The molecular formula is C15H24N4O2. The number of hydrogen-bond donors (Lipinski definition) is 1. The Bertz CT molecular complexity index is 524. The summed E-state index contributed by atoms with van der Waals surface area (Å²) < 4.78 is 1.87. The molecular weight excluding hydrogens is 268 g/mol. The van der Waals surface area contributed by atoms with E-state index in [0.29, 0.717) is 44.0 Å². The molecule has 0 radical (unpaired) electrons. The number of amides is 2. The minimum atomic E-state index is -0.000604. The Labute approximate surface area is 125 Å². The van der Waals surface area contributed by atoms with Crippen molar-refractivity contribution in [2.75, 3.05) is 31.9 Å². The zero-order valence-electron chi connectivity index (χ0n) is 12.8. The predicted octanol–water partition coefficient (Wildman–Crippen LogP) is 1.17. The fourth-order valence-corrected chi connectivity index (χ4v) is 2.73. The smallest absolute Gasteiger partial charge is 0.270 e. The molecule has 0 aliphatic carbocycles. The van der Waals surface area contributed by atoms with E-state index in [2.05, 4.69) is 0 Å². The minimum Gasteiger partial charge on any atom is -0.397 e. The van der Waals surface area contributed by atoms with Gasteiger partial charge in [0.25, 0.3) is 5.91 Å². The highest BCUT2D eigenvalue weighted by atomic mass is 16.2. The number of aryl methyl sites for hydroxylation is 1. The average Bonchev–Trinajstić information content (AvgIpc) is 2.71. The number of nitrogens with two attached hydrogens (primary N) is 1. The largest absolute Gasteiger partial charge is 0.397 e. The first-order chi connectivity index (χ1) is 10.1. The van der Waals surface area contributed by atoms with Crippen LogP contribution in [0.2, 0.25) is 0 Å². The maximum Gasteiger partial charge on any atom is 0.270 e. The highest BCUT2D eigenvalue weighted by molar-refractivity contribution is 5.94. The van der Waals surface area contributed by atoms with Crippen molar-refractivity contribution in [3.63, 3.8) is 0 Å². The zero-order valence-corrected chi connectivity index (χ0v) is 12.8. The van der Waals surface area contributed by atoms with E-state index in [-0.39, 0.29) is 11.8 Å². The molecule has 1 fully saturated rings. The standard InChI is InChI=1S/C15H24N4O2/c1-3-14(20)18-6-5-7-19(9-8-18)15(21)13-10-12(16)11-17(13)4-2/h10-11H,3-9,16H2,1-2H3. The lowest BCUT2D eigenvalue weighted by molar-refractivity contribution is -0.130. The summed E-state index contributed by atoms with van der Waals surface area (Å²) in [6.07, 6.45) is 3.13.